The highest BCUT2D eigenvalue weighted by molar-refractivity contribution is 7.91. The van der Waals surface area contributed by atoms with Gasteiger partial charge in [0.2, 0.25) is 14.9 Å². The number of fused-ring (bicyclic) bond motifs is 2. The molecule has 3 atom stereocenters. The molecule has 2 saturated heterocycles. The molecule has 0 aliphatic carbocycles. The van der Waals surface area contributed by atoms with Gasteiger partial charge in [0, 0.05) is 19.0 Å². The molecule has 8 heteroatoms. The summed E-state index contributed by atoms with van der Waals surface area (Å²) in [7, 11) is -3.37. The van der Waals surface area contributed by atoms with Gasteiger partial charge in [-0.05, 0) is 19.4 Å². The van der Waals surface area contributed by atoms with E-state index in [-0.39, 0.29) is 22.8 Å². The van der Waals surface area contributed by atoms with Crippen molar-refractivity contribution in [1.82, 2.24) is 13.6 Å². The topological polar surface area (TPSA) is 72.4 Å². The first-order valence-corrected chi connectivity index (χ1v) is 9.42. The molecule has 3 heterocycles. The predicted molar refractivity (Wildman–Crippen MR) is 75.8 cm³/mol. The zero-order valence-corrected chi connectivity index (χ0v) is 13.1. The van der Waals surface area contributed by atoms with E-state index in [9.17, 15) is 8.42 Å². The van der Waals surface area contributed by atoms with E-state index in [4.69, 9.17) is 4.74 Å². The lowest BCUT2D eigenvalue weighted by Crippen LogP contribution is -2.32. The summed E-state index contributed by atoms with van der Waals surface area (Å²) >= 11 is 0.912. The fraction of sp³-hybridized carbons (Fsp3) is 0.833. The van der Waals surface area contributed by atoms with Crippen LogP contribution in [0.3, 0.4) is 0 Å². The maximum absolute atomic E-state index is 12.2. The van der Waals surface area contributed by atoms with E-state index in [1.807, 2.05) is 6.92 Å². The van der Waals surface area contributed by atoms with Crippen LogP contribution in [0.5, 0.6) is 5.88 Å². The van der Waals surface area contributed by atoms with Crippen molar-refractivity contribution >= 4 is 21.6 Å². The minimum absolute atomic E-state index is 0.0359. The molecule has 0 saturated carbocycles. The molecular weight excluding hydrogens is 298 g/mol. The van der Waals surface area contributed by atoms with Gasteiger partial charge in [-0.15, -0.1) is 4.37 Å². The van der Waals surface area contributed by atoms with Gasteiger partial charge in [-0.1, -0.05) is 13.3 Å². The minimum Gasteiger partial charge on any atom is -0.470 e. The van der Waals surface area contributed by atoms with E-state index in [1.165, 1.54) is 0 Å². The molecular formula is C12H19N3O3S2. The Bertz CT molecular complexity index is 572. The molecule has 20 heavy (non-hydrogen) atoms. The average Bonchev–Trinajstić information content (AvgIpc) is 3.12. The second kappa shape index (κ2) is 5.57. The van der Waals surface area contributed by atoms with Gasteiger partial charge in [0.05, 0.1) is 17.5 Å². The van der Waals surface area contributed by atoms with Gasteiger partial charge in [-0.3, -0.25) is 4.90 Å². The van der Waals surface area contributed by atoms with Crippen molar-refractivity contribution in [3.05, 3.63) is 0 Å². The summed E-state index contributed by atoms with van der Waals surface area (Å²) in [6, 6.07) is 0. The molecule has 0 N–H and O–H groups in total. The molecule has 0 amide bonds. The number of nitrogens with zero attached hydrogens (tertiary/aromatic N) is 3. The summed E-state index contributed by atoms with van der Waals surface area (Å²) in [4.78, 5) is 2.35. The summed E-state index contributed by atoms with van der Waals surface area (Å²) in [5, 5.41) is 0.0359. The Morgan fingerprint density at radius 3 is 2.90 bits per heavy atom. The van der Waals surface area contributed by atoms with E-state index in [1.54, 1.807) is 0 Å². The normalized spacial score (nSPS) is 28.9. The van der Waals surface area contributed by atoms with Gasteiger partial charge in [-0.25, -0.2) is 8.42 Å². The third kappa shape index (κ3) is 2.68. The van der Waals surface area contributed by atoms with Crippen LogP contribution in [-0.4, -0.2) is 53.6 Å². The van der Waals surface area contributed by atoms with Crippen LogP contribution in [0.25, 0.3) is 0 Å². The SMILES string of the molecule is CCCCS(=O)(=O)c1nsnc1OC1CN2CCC1C2. The van der Waals surface area contributed by atoms with Crippen LogP contribution in [0.2, 0.25) is 0 Å². The summed E-state index contributed by atoms with van der Waals surface area (Å²) in [6.45, 7) is 5.02. The maximum atomic E-state index is 12.2. The first-order chi connectivity index (χ1) is 9.60. The van der Waals surface area contributed by atoms with Crippen LogP contribution in [-0.2, 0) is 9.84 Å². The molecule has 1 aromatic heterocycles. The van der Waals surface area contributed by atoms with Crippen molar-refractivity contribution in [1.29, 1.82) is 0 Å². The molecule has 3 unspecified atom stereocenters. The number of hydrogen-bond donors (Lipinski definition) is 0. The molecule has 112 valence electrons. The third-order valence-electron chi connectivity index (χ3n) is 4.03. The van der Waals surface area contributed by atoms with Crippen LogP contribution in [0.1, 0.15) is 26.2 Å². The zero-order valence-electron chi connectivity index (χ0n) is 11.5. The second-order valence-corrected chi connectivity index (χ2v) is 8.06. The lowest BCUT2D eigenvalue weighted by Gasteiger charge is -2.22. The van der Waals surface area contributed by atoms with E-state index in [0.29, 0.717) is 12.3 Å². The smallest absolute Gasteiger partial charge is 0.265 e. The molecule has 2 bridgehead atoms. The third-order valence-corrected chi connectivity index (χ3v) is 6.34. The quantitative estimate of drug-likeness (QED) is 0.785. The fourth-order valence-electron chi connectivity index (χ4n) is 2.88. The van der Waals surface area contributed by atoms with E-state index in [2.05, 4.69) is 13.6 Å². The monoisotopic (exact) mass is 317 g/mol. The van der Waals surface area contributed by atoms with Crippen LogP contribution in [0.4, 0.5) is 0 Å². The minimum atomic E-state index is -3.37. The van der Waals surface area contributed by atoms with Crippen molar-refractivity contribution < 1.29 is 13.2 Å². The highest BCUT2D eigenvalue weighted by Crippen LogP contribution is 2.32. The molecule has 2 aliphatic heterocycles. The molecule has 0 radical (unpaired) electrons. The molecule has 0 spiro atoms. The van der Waals surface area contributed by atoms with E-state index >= 15 is 0 Å². The highest BCUT2D eigenvalue weighted by Gasteiger charge is 2.40. The number of hydrogen-bond acceptors (Lipinski definition) is 7. The second-order valence-electron chi connectivity index (χ2n) is 5.51. The molecule has 1 aromatic rings. The zero-order chi connectivity index (χ0) is 14.2. The number of aromatic nitrogens is 2. The summed E-state index contributed by atoms with van der Waals surface area (Å²) in [5.74, 6) is 0.832. The maximum Gasteiger partial charge on any atom is 0.265 e. The Kier molecular flexibility index (Phi) is 3.96. The van der Waals surface area contributed by atoms with E-state index in [0.717, 1.165) is 44.2 Å². The molecule has 2 aliphatic rings. The van der Waals surface area contributed by atoms with Crippen LogP contribution in [0.15, 0.2) is 5.03 Å². The van der Waals surface area contributed by atoms with Crippen molar-refractivity contribution in [3.63, 3.8) is 0 Å². The Morgan fingerprint density at radius 1 is 1.40 bits per heavy atom. The number of rotatable bonds is 6. The first-order valence-electron chi connectivity index (χ1n) is 7.04. The van der Waals surface area contributed by atoms with Crippen molar-refractivity contribution in [2.24, 2.45) is 5.92 Å². The fourth-order valence-corrected chi connectivity index (χ4v) is 5.11. The predicted octanol–water partition coefficient (Wildman–Crippen LogP) is 1.19. The Morgan fingerprint density at radius 2 is 2.25 bits per heavy atom. The van der Waals surface area contributed by atoms with Crippen LogP contribution >= 0.6 is 11.7 Å². The number of sulfone groups is 1. The van der Waals surface area contributed by atoms with Gasteiger partial charge in [0.1, 0.15) is 6.10 Å². The lowest BCUT2D eigenvalue weighted by molar-refractivity contribution is 0.133. The largest absolute Gasteiger partial charge is 0.470 e. The van der Waals surface area contributed by atoms with Crippen LogP contribution < -0.4 is 4.74 Å². The summed E-state index contributed by atoms with van der Waals surface area (Å²) in [6.07, 6.45) is 2.67. The van der Waals surface area contributed by atoms with Crippen molar-refractivity contribution in [2.75, 3.05) is 25.4 Å². The molecule has 6 nitrogen and oxygen atoms in total. The number of ether oxygens (including phenoxy) is 1. The van der Waals surface area contributed by atoms with Gasteiger partial charge in [0.25, 0.3) is 5.88 Å². The Hall–Kier alpha value is -0.730. The van der Waals surface area contributed by atoms with Gasteiger partial charge < -0.3 is 4.74 Å². The van der Waals surface area contributed by atoms with Gasteiger partial charge >= 0.3 is 0 Å². The Labute approximate surface area is 123 Å². The van der Waals surface area contributed by atoms with Crippen molar-refractivity contribution in [3.8, 4) is 5.88 Å². The number of piperidine rings is 1. The molecule has 3 rings (SSSR count). The van der Waals surface area contributed by atoms with Gasteiger partial charge in [0.15, 0.2) is 0 Å². The van der Waals surface area contributed by atoms with Gasteiger partial charge in [-0.2, -0.15) is 4.37 Å². The standard InChI is InChI=1S/C12H19N3O3S2/c1-2-3-6-20(16,17)12-11(13-19-14-12)18-10-8-15-5-4-9(10)7-15/h9-10H,2-8H2,1H3. The van der Waals surface area contributed by atoms with Crippen molar-refractivity contribution in [2.45, 2.75) is 37.3 Å². The first kappa shape index (κ1) is 14.2. The number of unbranched alkanes of at least 4 members (excludes halogenated alkanes) is 1. The highest BCUT2D eigenvalue weighted by atomic mass is 32.2. The molecule has 0 aromatic carbocycles. The van der Waals surface area contributed by atoms with Crippen LogP contribution in [0, 0.1) is 5.92 Å². The Balaban J connectivity index is 1.73. The molecule has 2 fully saturated rings. The average molecular weight is 317 g/mol. The van der Waals surface area contributed by atoms with E-state index < -0.39 is 9.84 Å². The summed E-state index contributed by atoms with van der Waals surface area (Å²) in [5.41, 5.74) is 0. The lowest BCUT2D eigenvalue weighted by atomic mass is 10.0. The summed E-state index contributed by atoms with van der Waals surface area (Å²) < 4.78 is 38.3.